The van der Waals surface area contributed by atoms with Gasteiger partial charge in [0.25, 0.3) is 0 Å². The molecule has 0 spiro atoms. The quantitative estimate of drug-likeness (QED) is 0.683. The van der Waals surface area contributed by atoms with Crippen LogP contribution in [0.3, 0.4) is 0 Å². The highest BCUT2D eigenvalue weighted by Gasteiger charge is 2.55. The molecule has 168 valence electrons. The zero-order valence-electron chi connectivity index (χ0n) is 18.1. The van der Waals surface area contributed by atoms with E-state index in [2.05, 4.69) is 18.8 Å². The molecule has 3 atom stereocenters. The Balaban J connectivity index is 1.53. The van der Waals surface area contributed by atoms with Crippen LogP contribution in [0.5, 0.6) is 0 Å². The molecule has 2 saturated heterocycles. The van der Waals surface area contributed by atoms with Crippen molar-refractivity contribution in [1.29, 1.82) is 0 Å². The Labute approximate surface area is 189 Å². The number of carbonyl (C=O) groups excluding carboxylic acids is 1. The van der Waals surface area contributed by atoms with Gasteiger partial charge in [0.15, 0.2) is 0 Å². The number of unbranched alkanes of at least 4 members (excludes halogenated alkanes) is 1. The second kappa shape index (κ2) is 9.45. The minimum absolute atomic E-state index is 0.115. The minimum atomic E-state index is -3.64. The van der Waals surface area contributed by atoms with E-state index in [-0.39, 0.29) is 49.4 Å². The van der Waals surface area contributed by atoms with E-state index < -0.39 is 10.0 Å². The first kappa shape index (κ1) is 22.5. The summed E-state index contributed by atoms with van der Waals surface area (Å²) in [6, 6.07) is 16.2. The van der Waals surface area contributed by atoms with Crippen LogP contribution in [0.1, 0.15) is 42.4 Å². The number of nitrogens with zero attached hydrogens (tertiary/aromatic N) is 2. The van der Waals surface area contributed by atoms with Gasteiger partial charge in [0, 0.05) is 24.4 Å². The molecule has 1 N–H and O–H groups in total. The maximum atomic E-state index is 13.0. The number of benzene rings is 2. The lowest BCUT2D eigenvalue weighted by Crippen LogP contribution is -2.73. The fourth-order valence-electron chi connectivity index (χ4n) is 4.64. The monoisotopic (exact) mass is 452 g/mol. The molecule has 0 unspecified atom stereocenters. The highest BCUT2D eigenvalue weighted by Crippen LogP contribution is 2.43. The van der Waals surface area contributed by atoms with Gasteiger partial charge < -0.3 is 10.0 Å². The van der Waals surface area contributed by atoms with E-state index in [1.165, 1.54) is 4.31 Å². The Morgan fingerprint density at radius 2 is 1.81 bits per heavy atom. The van der Waals surface area contributed by atoms with Crippen LogP contribution >= 0.6 is 0 Å². The first-order valence-corrected chi connectivity index (χ1v) is 12.6. The van der Waals surface area contributed by atoms with Gasteiger partial charge >= 0.3 is 0 Å². The van der Waals surface area contributed by atoms with E-state index in [1.54, 1.807) is 29.2 Å². The number of amides is 1. The van der Waals surface area contributed by atoms with E-state index in [0.29, 0.717) is 5.56 Å². The predicted molar refractivity (Wildman–Crippen MR) is 123 cm³/mol. The average Bonchev–Trinajstić information content (AvgIpc) is 2.76. The van der Waals surface area contributed by atoms with Crippen LogP contribution in [0, 0.1) is 11.8 Å². The van der Waals surface area contributed by atoms with Crippen molar-refractivity contribution in [2.75, 3.05) is 19.7 Å². The van der Waals surface area contributed by atoms with Gasteiger partial charge in [-0.1, -0.05) is 61.2 Å². The van der Waals surface area contributed by atoms with Gasteiger partial charge in [0.05, 0.1) is 31.0 Å². The van der Waals surface area contributed by atoms with E-state index in [4.69, 9.17) is 0 Å². The fraction of sp³-hybridized carbons (Fsp3) is 0.400. The summed E-state index contributed by atoms with van der Waals surface area (Å²) < 4.78 is 27.4. The van der Waals surface area contributed by atoms with Crippen molar-refractivity contribution in [3.63, 3.8) is 0 Å². The van der Waals surface area contributed by atoms with Gasteiger partial charge in [-0.2, -0.15) is 4.31 Å². The summed E-state index contributed by atoms with van der Waals surface area (Å²) in [6.45, 7) is 1.99. The lowest BCUT2D eigenvalue weighted by atomic mass is 9.74. The molecule has 2 aliphatic heterocycles. The third-order valence-electron chi connectivity index (χ3n) is 6.21. The number of piperazine rings is 1. The van der Waals surface area contributed by atoms with Crippen LogP contribution in [-0.2, 0) is 20.6 Å². The minimum Gasteiger partial charge on any atom is -0.394 e. The standard InChI is InChI=1S/C25H28N2O4S/c1-2-3-5-8-19-11-13-21(14-12-19)25-22-15-26(16-24(29)27(22)23(25)17-28)32(30,31)18-20-9-6-4-7-10-20/h4,6-7,9-14,22-23,25,28H,2-3,15-18H2,1H3/t22-,23-,25+/m0/s1. The van der Waals surface area contributed by atoms with E-state index in [1.807, 2.05) is 30.3 Å². The van der Waals surface area contributed by atoms with Crippen molar-refractivity contribution < 1.29 is 18.3 Å². The summed E-state index contributed by atoms with van der Waals surface area (Å²) in [4.78, 5) is 14.5. The van der Waals surface area contributed by atoms with E-state index in [0.717, 1.165) is 24.0 Å². The maximum Gasteiger partial charge on any atom is 0.238 e. The molecular weight excluding hydrogens is 424 g/mol. The van der Waals surface area contributed by atoms with Crippen LogP contribution in [0.4, 0.5) is 0 Å². The number of rotatable bonds is 6. The average molecular weight is 453 g/mol. The van der Waals surface area contributed by atoms with Crippen molar-refractivity contribution >= 4 is 15.9 Å². The molecular formula is C25H28N2O4S. The van der Waals surface area contributed by atoms with Crippen LogP contribution in [0.25, 0.3) is 0 Å². The van der Waals surface area contributed by atoms with Gasteiger partial charge in [-0.15, -0.1) is 0 Å². The third kappa shape index (κ3) is 4.44. The number of aliphatic hydroxyl groups excluding tert-OH is 1. The van der Waals surface area contributed by atoms with Crippen molar-refractivity contribution in [2.45, 2.75) is 43.5 Å². The normalized spacial score (nSPS) is 23.1. The maximum absolute atomic E-state index is 13.0. The molecule has 32 heavy (non-hydrogen) atoms. The zero-order valence-corrected chi connectivity index (χ0v) is 19.0. The summed E-state index contributed by atoms with van der Waals surface area (Å²) in [6.07, 6.45) is 1.87. The van der Waals surface area contributed by atoms with Crippen molar-refractivity contribution in [1.82, 2.24) is 9.21 Å². The zero-order chi connectivity index (χ0) is 22.7. The fourth-order valence-corrected chi connectivity index (χ4v) is 6.12. The molecule has 0 bridgehead atoms. The number of carbonyl (C=O) groups is 1. The van der Waals surface area contributed by atoms with Gasteiger partial charge in [-0.05, 0) is 29.7 Å². The Morgan fingerprint density at radius 1 is 1.09 bits per heavy atom. The molecule has 6 nitrogen and oxygen atoms in total. The lowest BCUT2D eigenvalue weighted by Gasteiger charge is -2.58. The Hall–Kier alpha value is -2.66. The topological polar surface area (TPSA) is 77.9 Å². The smallest absolute Gasteiger partial charge is 0.238 e. The second-order valence-corrected chi connectivity index (χ2v) is 10.3. The molecule has 7 heteroatoms. The van der Waals surface area contributed by atoms with Gasteiger partial charge in [-0.25, -0.2) is 8.42 Å². The largest absolute Gasteiger partial charge is 0.394 e. The molecule has 4 rings (SSSR count). The van der Waals surface area contributed by atoms with Gasteiger partial charge in [-0.3, -0.25) is 4.79 Å². The van der Waals surface area contributed by atoms with Crippen LogP contribution < -0.4 is 0 Å². The number of sulfonamides is 1. The Bertz CT molecular complexity index is 1120. The molecule has 2 aromatic carbocycles. The summed E-state index contributed by atoms with van der Waals surface area (Å²) in [5, 5.41) is 9.94. The molecule has 0 radical (unpaired) electrons. The van der Waals surface area contributed by atoms with Crippen LogP contribution in [0.15, 0.2) is 54.6 Å². The highest BCUT2D eigenvalue weighted by molar-refractivity contribution is 7.88. The summed E-state index contributed by atoms with van der Waals surface area (Å²) >= 11 is 0. The van der Waals surface area contributed by atoms with E-state index in [9.17, 15) is 18.3 Å². The molecule has 1 amide bonds. The Kier molecular flexibility index (Phi) is 6.66. The number of fused-ring (bicyclic) bond motifs is 1. The first-order chi connectivity index (χ1) is 15.4. The molecule has 2 aromatic rings. The van der Waals surface area contributed by atoms with E-state index >= 15 is 0 Å². The second-order valence-electron chi connectivity index (χ2n) is 8.35. The Morgan fingerprint density at radius 3 is 2.47 bits per heavy atom. The van der Waals surface area contributed by atoms with Crippen LogP contribution in [0.2, 0.25) is 0 Å². The molecule has 0 aliphatic carbocycles. The summed E-state index contributed by atoms with van der Waals surface area (Å²) in [7, 11) is -3.64. The first-order valence-electron chi connectivity index (χ1n) is 11.0. The predicted octanol–water partition coefficient (Wildman–Crippen LogP) is 2.34. The summed E-state index contributed by atoms with van der Waals surface area (Å²) in [5.74, 6) is 5.76. The number of hydrogen-bond acceptors (Lipinski definition) is 4. The third-order valence-corrected chi connectivity index (χ3v) is 7.97. The SMILES string of the molecule is CCCC#Cc1ccc([C@H]2[C@H](CO)N3C(=O)CN(S(=O)(=O)Cc4ccccc4)C[C@@H]23)cc1. The van der Waals surface area contributed by atoms with Gasteiger partial charge in [0.1, 0.15) is 0 Å². The number of hydrogen-bond donors (Lipinski definition) is 1. The highest BCUT2D eigenvalue weighted by atomic mass is 32.2. The van der Waals surface area contributed by atoms with Gasteiger partial charge in [0.2, 0.25) is 15.9 Å². The van der Waals surface area contributed by atoms with Crippen molar-refractivity contribution in [3.05, 3.63) is 71.3 Å². The molecule has 2 aliphatic rings. The van der Waals surface area contributed by atoms with Crippen molar-refractivity contribution in [2.24, 2.45) is 0 Å². The van der Waals surface area contributed by atoms with Crippen LogP contribution in [-0.4, -0.2) is 60.4 Å². The summed E-state index contributed by atoms with van der Waals surface area (Å²) in [5.41, 5.74) is 2.60. The molecule has 2 fully saturated rings. The molecule has 2 heterocycles. The lowest BCUT2D eigenvalue weighted by molar-refractivity contribution is -0.158. The number of aliphatic hydroxyl groups is 1. The van der Waals surface area contributed by atoms with Crippen molar-refractivity contribution in [3.8, 4) is 11.8 Å². The molecule has 0 aromatic heterocycles. The molecule has 0 saturated carbocycles.